The summed E-state index contributed by atoms with van der Waals surface area (Å²) in [6.07, 6.45) is 5.80. The van der Waals surface area contributed by atoms with Crippen LogP contribution >= 0.6 is 0 Å². The van der Waals surface area contributed by atoms with Crippen molar-refractivity contribution in [2.75, 3.05) is 6.54 Å². The lowest BCUT2D eigenvalue weighted by Gasteiger charge is -2.46. The van der Waals surface area contributed by atoms with Crippen LogP contribution in [0.3, 0.4) is 0 Å². The molecule has 2 bridgehead atoms. The maximum atomic E-state index is 5.89. The predicted molar refractivity (Wildman–Crippen MR) is 53.3 cm³/mol. The van der Waals surface area contributed by atoms with Gasteiger partial charge in [0, 0.05) is 12.6 Å². The highest BCUT2D eigenvalue weighted by Gasteiger charge is 2.36. The number of nitrogens with zero attached hydrogens (tertiary/aromatic N) is 1. The average molecular weight is 183 g/mol. The summed E-state index contributed by atoms with van der Waals surface area (Å²) in [5.41, 5.74) is 0.359. The van der Waals surface area contributed by atoms with Crippen LogP contribution in [0, 0.1) is 5.41 Å². The monoisotopic (exact) mass is 183 g/mol. The van der Waals surface area contributed by atoms with E-state index in [-0.39, 0.29) is 0 Å². The topological polar surface area (TPSA) is 12.5 Å². The Kier molecular flexibility index (Phi) is 2.37. The maximum absolute atomic E-state index is 5.89. The zero-order chi connectivity index (χ0) is 9.47. The minimum atomic E-state index is 0.359. The highest BCUT2D eigenvalue weighted by Crippen LogP contribution is 2.34. The van der Waals surface area contributed by atoms with Gasteiger partial charge in [0.05, 0.1) is 6.10 Å². The van der Waals surface area contributed by atoms with Crippen LogP contribution in [0.15, 0.2) is 0 Å². The second kappa shape index (κ2) is 3.25. The molecule has 3 fully saturated rings. The fourth-order valence-corrected chi connectivity index (χ4v) is 2.35. The van der Waals surface area contributed by atoms with E-state index < -0.39 is 0 Å². The van der Waals surface area contributed by atoms with Gasteiger partial charge in [0.25, 0.3) is 0 Å². The summed E-state index contributed by atoms with van der Waals surface area (Å²) in [6.45, 7) is 7.91. The summed E-state index contributed by atoms with van der Waals surface area (Å²) in [4.78, 5) is 5.89. The van der Waals surface area contributed by atoms with Crippen LogP contribution in [0.5, 0.6) is 0 Å². The standard InChI is InChI=1S/C11H21NO/c1-11(2,3)8-12-9-4-6-10(13-12)7-5-9/h9-10H,4-8H2,1-3H3. The van der Waals surface area contributed by atoms with Gasteiger partial charge in [-0.05, 0) is 31.1 Å². The zero-order valence-corrected chi connectivity index (χ0v) is 9.05. The van der Waals surface area contributed by atoms with Crippen LogP contribution in [0.25, 0.3) is 0 Å². The Bertz CT molecular complexity index is 177. The Morgan fingerprint density at radius 2 is 1.77 bits per heavy atom. The van der Waals surface area contributed by atoms with E-state index in [2.05, 4.69) is 25.8 Å². The van der Waals surface area contributed by atoms with Gasteiger partial charge in [-0.15, -0.1) is 0 Å². The molecule has 76 valence electrons. The number of hydrogen-bond donors (Lipinski definition) is 0. The molecule has 0 aromatic heterocycles. The van der Waals surface area contributed by atoms with E-state index in [4.69, 9.17) is 4.84 Å². The zero-order valence-electron chi connectivity index (χ0n) is 9.05. The first-order chi connectivity index (χ1) is 6.04. The normalized spacial score (nSPS) is 35.3. The number of fused-ring (bicyclic) bond motifs is 3. The molecule has 2 heterocycles. The summed E-state index contributed by atoms with van der Waals surface area (Å²) >= 11 is 0. The summed E-state index contributed by atoms with van der Waals surface area (Å²) in [5.74, 6) is 0. The first-order valence-corrected chi connectivity index (χ1v) is 5.48. The molecule has 13 heavy (non-hydrogen) atoms. The van der Waals surface area contributed by atoms with Crippen LogP contribution in [-0.4, -0.2) is 23.8 Å². The number of hydroxylamine groups is 2. The van der Waals surface area contributed by atoms with Crippen molar-refractivity contribution in [2.45, 2.75) is 58.6 Å². The molecule has 1 aliphatic carbocycles. The van der Waals surface area contributed by atoms with Crippen molar-refractivity contribution < 1.29 is 4.84 Å². The van der Waals surface area contributed by atoms with Gasteiger partial charge < -0.3 is 0 Å². The van der Waals surface area contributed by atoms with Crippen LogP contribution in [0.1, 0.15) is 46.5 Å². The van der Waals surface area contributed by atoms with Crippen molar-refractivity contribution >= 4 is 0 Å². The third-order valence-corrected chi connectivity index (χ3v) is 2.97. The molecule has 2 saturated heterocycles. The van der Waals surface area contributed by atoms with Gasteiger partial charge in [0.15, 0.2) is 0 Å². The Labute approximate surface area is 81.2 Å². The van der Waals surface area contributed by atoms with E-state index in [0.717, 1.165) is 6.54 Å². The largest absolute Gasteiger partial charge is 0.295 e. The lowest BCUT2D eigenvalue weighted by Crippen LogP contribution is -2.51. The molecule has 2 nitrogen and oxygen atoms in total. The average Bonchev–Trinajstić information content (AvgIpc) is 2.03. The van der Waals surface area contributed by atoms with Crippen molar-refractivity contribution in [2.24, 2.45) is 5.41 Å². The van der Waals surface area contributed by atoms with E-state index in [1.165, 1.54) is 25.7 Å². The van der Waals surface area contributed by atoms with E-state index in [9.17, 15) is 0 Å². The molecule has 2 heteroatoms. The minimum Gasteiger partial charge on any atom is -0.295 e. The fraction of sp³-hybridized carbons (Fsp3) is 1.00. The second-order valence-electron chi connectivity index (χ2n) is 5.67. The summed E-state index contributed by atoms with van der Waals surface area (Å²) in [5, 5.41) is 2.25. The highest BCUT2D eigenvalue weighted by molar-refractivity contribution is 4.83. The number of hydrogen-bond acceptors (Lipinski definition) is 2. The molecule has 0 spiro atoms. The summed E-state index contributed by atoms with van der Waals surface area (Å²) < 4.78 is 0. The first-order valence-electron chi connectivity index (χ1n) is 5.48. The molecular formula is C11H21NO. The smallest absolute Gasteiger partial charge is 0.0794 e. The van der Waals surface area contributed by atoms with Gasteiger partial charge in [-0.2, -0.15) is 5.06 Å². The van der Waals surface area contributed by atoms with E-state index >= 15 is 0 Å². The van der Waals surface area contributed by atoms with E-state index in [0.29, 0.717) is 17.6 Å². The molecule has 0 N–H and O–H groups in total. The Hall–Kier alpha value is -0.0800. The van der Waals surface area contributed by atoms with Gasteiger partial charge in [-0.25, -0.2) is 0 Å². The third-order valence-electron chi connectivity index (χ3n) is 2.97. The molecule has 1 saturated carbocycles. The van der Waals surface area contributed by atoms with Gasteiger partial charge in [0.2, 0.25) is 0 Å². The molecule has 3 rings (SSSR count). The lowest BCUT2D eigenvalue weighted by molar-refractivity contribution is -0.284. The van der Waals surface area contributed by atoms with Crippen molar-refractivity contribution in [1.29, 1.82) is 0 Å². The first kappa shape index (κ1) is 9.47. The number of rotatable bonds is 1. The van der Waals surface area contributed by atoms with Crippen LogP contribution < -0.4 is 0 Å². The Balaban J connectivity index is 1.94. The fourth-order valence-electron chi connectivity index (χ4n) is 2.35. The van der Waals surface area contributed by atoms with Crippen molar-refractivity contribution in [3.05, 3.63) is 0 Å². The second-order valence-corrected chi connectivity index (χ2v) is 5.67. The minimum absolute atomic E-state index is 0.359. The SMILES string of the molecule is CC(C)(C)CN1OC2CCC1CC2. The lowest BCUT2D eigenvalue weighted by atomic mass is 9.89. The molecule has 0 atom stereocenters. The summed E-state index contributed by atoms with van der Waals surface area (Å²) in [6, 6.07) is 0.712. The van der Waals surface area contributed by atoms with Crippen molar-refractivity contribution in [1.82, 2.24) is 5.06 Å². The van der Waals surface area contributed by atoms with Crippen molar-refractivity contribution in [3.63, 3.8) is 0 Å². The van der Waals surface area contributed by atoms with Gasteiger partial charge in [-0.3, -0.25) is 4.84 Å². The third kappa shape index (κ3) is 2.23. The van der Waals surface area contributed by atoms with Gasteiger partial charge in [-0.1, -0.05) is 20.8 Å². The Morgan fingerprint density at radius 3 is 2.15 bits per heavy atom. The van der Waals surface area contributed by atoms with Crippen LogP contribution in [0.2, 0.25) is 0 Å². The van der Waals surface area contributed by atoms with Crippen LogP contribution in [0.4, 0.5) is 0 Å². The quantitative estimate of drug-likeness (QED) is 0.619. The molecule has 0 aromatic rings. The van der Waals surface area contributed by atoms with Gasteiger partial charge >= 0.3 is 0 Å². The molecular weight excluding hydrogens is 162 g/mol. The summed E-state index contributed by atoms with van der Waals surface area (Å²) in [7, 11) is 0. The highest BCUT2D eigenvalue weighted by atomic mass is 16.7. The molecule has 0 radical (unpaired) electrons. The van der Waals surface area contributed by atoms with E-state index in [1.54, 1.807) is 0 Å². The van der Waals surface area contributed by atoms with Gasteiger partial charge in [0.1, 0.15) is 0 Å². The predicted octanol–water partition coefficient (Wildman–Crippen LogP) is 2.59. The molecule has 3 aliphatic rings. The molecule has 0 unspecified atom stereocenters. The molecule has 0 aromatic carbocycles. The van der Waals surface area contributed by atoms with Crippen molar-refractivity contribution in [3.8, 4) is 0 Å². The van der Waals surface area contributed by atoms with Crippen LogP contribution in [-0.2, 0) is 4.84 Å². The maximum Gasteiger partial charge on any atom is 0.0794 e. The molecule has 0 amide bonds. The molecule has 2 aliphatic heterocycles. The van der Waals surface area contributed by atoms with E-state index in [1.807, 2.05) is 0 Å². The Morgan fingerprint density at radius 1 is 1.15 bits per heavy atom.